The first-order valence-corrected chi connectivity index (χ1v) is 7.23. The Balaban J connectivity index is 1.63. The number of rotatable bonds is 5. The van der Waals surface area contributed by atoms with Gasteiger partial charge in [0, 0.05) is 29.3 Å². The normalized spacial score (nSPS) is 19.5. The number of carbonyl (C=O) groups is 1. The van der Waals surface area contributed by atoms with Crippen LogP contribution in [0.2, 0.25) is 5.02 Å². The van der Waals surface area contributed by atoms with Crippen molar-refractivity contribution >= 4 is 28.8 Å². The Morgan fingerprint density at radius 3 is 3.18 bits per heavy atom. The molecule has 0 bridgehead atoms. The van der Waals surface area contributed by atoms with Gasteiger partial charge in [-0.15, -0.1) is 11.3 Å². The van der Waals surface area contributed by atoms with Crippen LogP contribution in [0.1, 0.15) is 24.1 Å². The van der Waals surface area contributed by atoms with Crippen molar-refractivity contribution in [3.8, 4) is 0 Å². The van der Waals surface area contributed by atoms with Crippen LogP contribution in [-0.2, 0) is 11.2 Å². The highest BCUT2D eigenvalue weighted by molar-refractivity contribution is 7.10. The van der Waals surface area contributed by atoms with E-state index in [-0.39, 0.29) is 5.91 Å². The molecule has 1 aromatic rings. The van der Waals surface area contributed by atoms with Crippen LogP contribution in [0.15, 0.2) is 11.4 Å². The molecule has 1 aliphatic rings. The highest BCUT2D eigenvalue weighted by atomic mass is 35.5. The predicted octanol–water partition coefficient (Wildman–Crippen LogP) is 2.20. The van der Waals surface area contributed by atoms with Crippen LogP contribution in [0, 0.1) is 0 Å². The van der Waals surface area contributed by atoms with Crippen molar-refractivity contribution in [1.29, 1.82) is 0 Å². The lowest BCUT2D eigenvalue weighted by Crippen LogP contribution is -2.37. The zero-order chi connectivity index (χ0) is 12.1. The first kappa shape index (κ1) is 12.9. The van der Waals surface area contributed by atoms with Crippen LogP contribution >= 0.6 is 22.9 Å². The first-order chi connectivity index (χ1) is 8.24. The van der Waals surface area contributed by atoms with Crippen molar-refractivity contribution in [2.45, 2.75) is 31.7 Å². The first-order valence-electron chi connectivity index (χ1n) is 5.97. The third-order valence-corrected chi connectivity index (χ3v) is 4.27. The molecule has 1 aliphatic heterocycles. The second-order valence-corrected chi connectivity index (χ2v) is 5.76. The molecular formula is C12H17ClN2OS. The zero-order valence-electron chi connectivity index (χ0n) is 9.67. The maximum absolute atomic E-state index is 11.6. The predicted molar refractivity (Wildman–Crippen MR) is 71.7 cm³/mol. The maximum atomic E-state index is 11.6. The van der Waals surface area contributed by atoms with Gasteiger partial charge in [-0.3, -0.25) is 4.79 Å². The van der Waals surface area contributed by atoms with E-state index in [2.05, 4.69) is 10.6 Å². The third kappa shape index (κ3) is 4.30. The lowest BCUT2D eigenvalue weighted by Gasteiger charge is -2.11. The Hall–Kier alpha value is -0.580. The number of hydrogen-bond acceptors (Lipinski definition) is 3. The van der Waals surface area contributed by atoms with Gasteiger partial charge in [0.2, 0.25) is 5.91 Å². The smallest absolute Gasteiger partial charge is 0.220 e. The Bertz CT molecular complexity index is 374. The van der Waals surface area contributed by atoms with Gasteiger partial charge in [-0.2, -0.15) is 0 Å². The molecule has 0 radical (unpaired) electrons. The van der Waals surface area contributed by atoms with Crippen LogP contribution in [0.3, 0.4) is 0 Å². The maximum Gasteiger partial charge on any atom is 0.220 e. The van der Waals surface area contributed by atoms with E-state index in [9.17, 15) is 4.79 Å². The summed E-state index contributed by atoms with van der Waals surface area (Å²) >= 11 is 7.44. The monoisotopic (exact) mass is 272 g/mol. The van der Waals surface area contributed by atoms with E-state index in [4.69, 9.17) is 11.6 Å². The van der Waals surface area contributed by atoms with Crippen LogP contribution in [0.25, 0.3) is 0 Å². The highest BCUT2D eigenvalue weighted by Crippen LogP contribution is 2.20. The molecule has 3 nitrogen and oxygen atoms in total. The molecule has 2 rings (SSSR count). The molecule has 1 fully saturated rings. The van der Waals surface area contributed by atoms with Crippen molar-refractivity contribution < 1.29 is 4.79 Å². The van der Waals surface area contributed by atoms with E-state index in [1.165, 1.54) is 17.7 Å². The molecule has 1 unspecified atom stereocenters. The number of thiophene rings is 1. The Labute approximate surface area is 111 Å². The molecule has 5 heteroatoms. The SMILES string of the molecule is O=C(CCc1cc(Cl)cs1)NCC1CCCN1. The molecule has 1 amide bonds. The quantitative estimate of drug-likeness (QED) is 0.863. The molecule has 1 atom stereocenters. The molecule has 1 aromatic heterocycles. The number of aryl methyl sites for hydroxylation is 1. The summed E-state index contributed by atoms with van der Waals surface area (Å²) in [6, 6.07) is 2.40. The Morgan fingerprint density at radius 2 is 2.53 bits per heavy atom. The minimum atomic E-state index is 0.128. The number of amides is 1. The van der Waals surface area contributed by atoms with Gasteiger partial charge in [-0.25, -0.2) is 0 Å². The molecule has 0 aromatic carbocycles. The summed E-state index contributed by atoms with van der Waals surface area (Å²) in [4.78, 5) is 12.8. The highest BCUT2D eigenvalue weighted by Gasteiger charge is 2.14. The summed E-state index contributed by atoms with van der Waals surface area (Å²) in [6.45, 7) is 1.83. The van der Waals surface area contributed by atoms with Crippen molar-refractivity contribution in [3.05, 3.63) is 21.3 Å². The van der Waals surface area contributed by atoms with Crippen molar-refractivity contribution in [1.82, 2.24) is 10.6 Å². The van der Waals surface area contributed by atoms with Gasteiger partial charge < -0.3 is 10.6 Å². The molecule has 2 N–H and O–H groups in total. The number of hydrogen-bond donors (Lipinski definition) is 2. The Morgan fingerprint density at radius 1 is 1.65 bits per heavy atom. The van der Waals surface area contributed by atoms with Crippen LogP contribution in [-0.4, -0.2) is 25.0 Å². The largest absolute Gasteiger partial charge is 0.355 e. The summed E-state index contributed by atoms with van der Waals surface area (Å²) in [5, 5.41) is 9.00. The Kier molecular flexibility index (Phi) is 4.83. The average Bonchev–Trinajstić information content (AvgIpc) is 2.95. The third-order valence-electron chi connectivity index (χ3n) is 2.93. The number of halogens is 1. The van der Waals surface area contributed by atoms with E-state index >= 15 is 0 Å². The summed E-state index contributed by atoms with van der Waals surface area (Å²) < 4.78 is 0. The molecule has 2 heterocycles. The minimum Gasteiger partial charge on any atom is -0.355 e. The van der Waals surface area contributed by atoms with Gasteiger partial charge in [-0.05, 0) is 31.9 Å². The summed E-state index contributed by atoms with van der Waals surface area (Å²) in [7, 11) is 0. The molecule has 17 heavy (non-hydrogen) atoms. The lowest BCUT2D eigenvalue weighted by molar-refractivity contribution is -0.121. The van der Waals surface area contributed by atoms with Gasteiger partial charge in [0.05, 0.1) is 5.02 Å². The topological polar surface area (TPSA) is 41.1 Å². The van der Waals surface area contributed by atoms with Gasteiger partial charge in [0.1, 0.15) is 0 Å². The van der Waals surface area contributed by atoms with Gasteiger partial charge >= 0.3 is 0 Å². The second-order valence-electron chi connectivity index (χ2n) is 4.33. The van der Waals surface area contributed by atoms with Gasteiger partial charge in [-0.1, -0.05) is 11.6 Å². The summed E-state index contributed by atoms with van der Waals surface area (Å²) in [6.07, 6.45) is 3.71. The van der Waals surface area contributed by atoms with E-state index in [1.54, 1.807) is 11.3 Å². The average molecular weight is 273 g/mol. The molecule has 1 saturated heterocycles. The van der Waals surface area contributed by atoms with Crippen molar-refractivity contribution in [3.63, 3.8) is 0 Å². The number of nitrogens with one attached hydrogen (secondary N) is 2. The molecule has 0 spiro atoms. The summed E-state index contributed by atoms with van der Waals surface area (Å²) in [5.74, 6) is 0.128. The molecule has 0 saturated carbocycles. The van der Waals surface area contributed by atoms with E-state index in [0.717, 1.165) is 24.5 Å². The van der Waals surface area contributed by atoms with Crippen LogP contribution in [0.4, 0.5) is 0 Å². The fraction of sp³-hybridized carbons (Fsp3) is 0.583. The lowest BCUT2D eigenvalue weighted by atomic mass is 10.2. The number of carbonyl (C=O) groups excluding carboxylic acids is 1. The van der Waals surface area contributed by atoms with Crippen LogP contribution < -0.4 is 10.6 Å². The fourth-order valence-corrected chi connectivity index (χ4v) is 3.05. The molecule has 94 valence electrons. The van der Waals surface area contributed by atoms with E-state index < -0.39 is 0 Å². The second kappa shape index (κ2) is 6.38. The van der Waals surface area contributed by atoms with Crippen molar-refractivity contribution in [2.24, 2.45) is 0 Å². The van der Waals surface area contributed by atoms with Gasteiger partial charge in [0.25, 0.3) is 0 Å². The van der Waals surface area contributed by atoms with Crippen LogP contribution in [0.5, 0.6) is 0 Å². The molecule has 0 aliphatic carbocycles. The summed E-state index contributed by atoms with van der Waals surface area (Å²) in [5.41, 5.74) is 0. The molecular weight excluding hydrogens is 256 g/mol. The van der Waals surface area contributed by atoms with E-state index in [0.29, 0.717) is 12.5 Å². The van der Waals surface area contributed by atoms with Crippen molar-refractivity contribution in [2.75, 3.05) is 13.1 Å². The van der Waals surface area contributed by atoms with E-state index in [1.807, 2.05) is 11.4 Å². The standard InChI is InChI=1S/C12H17ClN2OS/c13-9-6-11(17-8-9)3-4-12(16)15-7-10-2-1-5-14-10/h6,8,10,14H,1-5,7H2,(H,15,16). The minimum absolute atomic E-state index is 0.128. The fourth-order valence-electron chi connectivity index (χ4n) is 1.98. The zero-order valence-corrected chi connectivity index (χ0v) is 11.2. The van der Waals surface area contributed by atoms with Gasteiger partial charge in [0.15, 0.2) is 0 Å².